The number of ether oxygens (including phenoxy) is 1. The maximum absolute atomic E-state index is 5.98. The number of hydrogen-bond acceptors (Lipinski definition) is 3. The van der Waals surface area contributed by atoms with Gasteiger partial charge in [-0.25, -0.2) is 0 Å². The molecule has 19 heavy (non-hydrogen) atoms. The molecule has 1 aliphatic heterocycles. The van der Waals surface area contributed by atoms with E-state index >= 15 is 0 Å². The first-order valence-electron chi connectivity index (χ1n) is 6.97. The molecule has 1 aliphatic rings. The van der Waals surface area contributed by atoms with Gasteiger partial charge in [0.25, 0.3) is 0 Å². The van der Waals surface area contributed by atoms with Crippen LogP contribution in [0, 0.1) is 0 Å². The van der Waals surface area contributed by atoms with Gasteiger partial charge in [0.1, 0.15) is 0 Å². The van der Waals surface area contributed by atoms with Crippen LogP contribution in [0.4, 0.5) is 0 Å². The largest absolute Gasteiger partial charge is 0.379 e. The lowest BCUT2D eigenvalue weighted by Crippen LogP contribution is -2.43. The fourth-order valence-corrected chi connectivity index (χ4v) is 2.51. The number of hydrogen-bond donors (Lipinski definition) is 1. The van der Waals surface area contributed by atoms with Gasteiger partial charge in [-0.15, -0.1) is 0 Å². The van der Waals surface area contributed by atoms with Crippen molar-refractivity contribution in [2.45, 2.75) is 25.9 Å². The molecule has 0 bridgehead atoms. The molecule has 1 aromatic carbocycles. The van der Waals surface area contributed by atoms with Crippen LogP contribution in [0.2, 0.25) is 5.02 Å². The summed E-state index contributed by atoms with van der Waals surface area (Å²) in [7, 11) is 0. The molecule has 1 unspecified atom stereocenters. The van der Waals surface area contributed by atoms with Gasteiger partial charge in [0.2, 0.25) is 0 Å². The zero-order chi connectivity index (χ0) is 13.7. The van der Waals surface area contributed by atoms with Crippen LogP contribution in [-0.4, -0.2) is 43.8 Å². The lowest BCUT2D eigenvalue weighted by atomic mass is 10.0. The third-order valence-corrected chi connectivity index (χ3v) is 3.71. The van der Waals surface area contributed by atoms with Crippen molar-refractivity contribution in [2.24, 2.45) is 0 Å². The summed E-state index contributed by atoms with van der Waals surface area (Å²) < 4.78 is 5.45. The van der Waals surface area contributed by atoms with Crippen molar-refractivity contribution >= 4 is 11.6 Å². The maximum atomic E-state index is 5.98. The Bertz CT molecular complexity index is 374. The summed E-state index contributed by atoms with van der Waals surface area (Å²) in [5, 5.41) is 4.33. The predicted molar refractivity (Wildman–Crippen MR) is 79.7 cm³/mol. The van der Waals surface area contributed by atoms with E-state index in [1.165, 1.54) is 5.56 Å². The van der Waals surface area contributed by atoms with Crippen molar-refractivity contribution < 1.29 is 4.74 Å². The monoisotopic (exact) mass is 282 g/mol. The average Bonchev–Trinajstić information content (AvgIpc) is 2.42. The highest BCUT2D eigenvalue weighted by atomic mass is 35.5. The molecular weight excluding hydrogens is 260 g/mol. The van der Waals surface area contributed by atoms with E-state index in [4.69, 9.17) is 16.3 Å². The highest BCUT2D eigenvalue weighted by Gasteiger charge is 2.22. The summed E-state index contributed by atoms with van der Waals surface area (Å²) in [5.74, 6) is 0. The van der Waals surface area contributed by atoms with E-state index in [-0.39, 0.29) is 0 Å². The van der Waals surface area contributed by atoms with Gasteiger partial charge in [-0.1, -0.05) is 37.6 Å². The third-order valence-electron chi connectivity index (χ3n) is 3.46. The lowest BCUT2D eigenvalue weighted by molar-refractivity contribution is 0.0158. The van der Waals surface area contributed by atoms with E-state index in [9.17, 15) is 0 Å². The molecule has 1 N–H and O–H groups in total. The number of morpholine rings is 1. The molecule has 1 heterocycles. The molecule has 4 heteroatoms. The van der Waals surface area contributed by atoms with Gasteiger partial charge >= 0.3 is 0 Å². The number of rotatable bonds is 5. The summed E-state index contributed by atoms with van der Waals surface area (Å²) in [5.41, 5.74) is 1.32. The molecule has 0 spiro atoms. The van der Waals surface area contributed by atoms with Crippen LogP contribution >= 0.6 is 11.6 Å². The fraction of sp³-hybridized carbons (Fsp3) is 0.600. The zero-order valence-electron chi connectivity index (χ0n) is 11.7. The Morgan fingerprint density at radius 2 is 1.84 bits per heavy atom. The maximum Gasteiger partial charge on any atom is 0.0594 e. The van der Waals surface area contributed by atoms with Crippen molar-refractivity contribution in [1.82, 2.24) is 10.2 Å². The molecule has 1 atom stereocenters. The van der Waals surface area contributed by atoms with Crippen LogP contribution in [0.1, 0.15) is 25.5 Å². The second-order valence-electron chi connectivity index (χ2n) is 5.28. The Morgan fingerprint density at radius 1 is 1.21 bits per heavy atom. The third kappa shape index (κ3) is 4.46. The average molecular weight is 283 g/mol. The van der Waals surface area contributed by atoms with Crippen LogP contribution in [0.25, 0.3) is 0 Å². The van der Waals surface area contributed by atoms with Crippen LogP contribution in [0.3, 0.4) is 0 Å². The Morgan fingerprint density at radius 3 is 2.42 bits per heavy atom. The smallest absolute Gasteiger partial charge is 0.0594 e. The molecule has 0 aromatic heterocycles. The Hall–Kier alpha value is -0.610. The minimum absolute atomic E-state index is 0.392. The predicted octanol–water partition coefficient (Wildman–Crippen LogP) is 2.71. The van der Waals surface area contributed by atoms with E-state index in [1.807, 2.05) is 12.1 Å². The number of halogens is 1. The molecular formula is C15H23ClN2O. The van der Waals surface area contributed by atoms with Crippen molar-refractivity contribution in [3.63, 3.8) is 0 Å². The molecule has 1 saturated heterocycles. The van der Waals surface area contributed by atoms with Crippen molar-refractivity contribution in [3.05, 3.63) is 34.9 Å². The van der Waals surface area contributed by atoms with E-state index in [1.54, 1.807) is 0 Å². The van der Waals surface area contributed by atoms with Gasteiger partial charge in [-0.3, -0.25) is 4.90 Å². The van der Waals surface area contributed by atoms with Crippen molar-refractivity contribution in [3.8, 4) is 0 Å². The van der Waals surface area contributed by atoms with Crippen molar-refractivity contribution in [2.75, 3.05) is 32.8 Å². The number of nitrogens with zero attached hydrogens (tertiary/aromatic N) is 1. The van der Waals surface area contributed by atoms with E-state index in [2.05, 4.69) is 36.2 Å². The first-order chi connectivity index (χ1) is 9.16. The number of nitrogens with one attached hydrogen (secondary N) is 1. The Kier molecular flexibility index (Phi) is 5.64. The first-order valence-corrected chi connectivity index (χ1v) is 7.35. The minimum Gasteiger partial charge on any atom is -0.379 e. The first kappa shape index (κ1) is 14.8. The number of benzene rings is 1. The second-order valence-corrected chi connectivity index (χ2v) is 5.72. The highest BCUT2D eigenvalue weighted by Crippen LogP contribution is 2.23. The van der Waals surface area contributed by atoms with Gasteiger partial charge < -0.3 is 10.1 Å². The molecule has 2 rings (SSSR count). The zero-order valence-corrected chi connectivity index (χ0v) is 12.5. The normalized spacial score (nSPS) is 18.7. The minimum atomic E-state index is 0.392. The van der Waals surface area contributed by atoms with Crippen LogP contribution in [0.15, 0.2) is 24.3 Å². The van der Waals surface area contributed by atoms with Crippen LogP contribution < -0.4 is 5.32 Å². The topological polar surface area (TPSA) is 24.5 Å². The van der Waals surface area contributed by atoms with Crippen LogP contribution in [0.5, 0.6) is 0 Å². The van der Waals surface area contributed by atoms with Gasteiger partial charge in [0.05, 0.1) is 13.2 Å². The van der Waals surface area contributed by atoms with Gasteiger partial charge in [-0.05, 0) is 17.7 Å². The molecule has 1 aromatic rings. The van der Waals surface area contributed by atoms with E-state index in [0.29, 0.717) is 12.1 Å². The molecule has 1 fully saturated rings. The summed E-state index contributed by atoms with van der Waals surface area (Å²) >= 11 is 5.98. The van der Waals surface area contributed by atoms with E-state index < -0.39 is 0 Å². The molecule has 106 valence electrons. The SMILES string of the molecule is CC(C)NCC(c1ccc(Cl)cc1)N1CCOCC1. The summed E-state index contributed by atoms with van der Waals surface area (Å²) in [6.07, 6.45) is 0. The molecule has 0 saturated carbocycles. The van der Waals surface area contributed by atoms with Gasteiger partial charge in [0, 0.05) is 36.7 Å². The Balaban J connectivity index is 2.10. The molecule has 0 aliphatic carbocycles. The van der Waals surface area contributed by atoms with Crippen molar-refractivity contribution in [1.29, 1.82) is 0 Å². The highest BCUT2D eigenvalue weighted by molar-refractivity contribution is 6.30. The Labute approximate surface area is 120 Å². The summed E-state index contributed by atoms with van der Waals surface area (Å²) in [6.45, 7) is 8.95. The van der Waals surface area contributed by atoms with Gasteiger partial charge in [-0.2, -0.15) is 0 Å². The van der Waals surface area contributed by atoms with Gasteiger partial charge in [0.15, 0.2) is 0 Å². The lowest BCUT2D eigenvalue weighted by Gasteiger charge is -2.35. The fourth-order valence-electron chi connectivity index (χ4n) is 2.38. The molecule has 0 radical (unpaired) electrons. The second kappa shape index (κ2) is 7.25. The van der Waals surface area contributed by atoms with E-state index in [0.717, 1.165) is 37.9 Å². The quantitative estimate of drug-likeness (QED) is 0.899. The standard InChI is InChI=1S/C15H23ClN2O/c1-12(2)17-11-15(18-7-9-19-10-8-18)13-3-5-14(16)6-4-13/h3-6,12,15,17H,7-11H2,1-2H3. The van der Waals surface area contributed by atoms with Crippen LogP contribution in [-0.2, 0) is 4.74 Å². The molecule has 0 amide bonds. The molecule has 3 nitrogen and oxygen atoms in total. The summed E-state index contributed by atoms with van der Waals surface area (Å²) in [4.78, 5) is 2.49. The summed E-state index contributed by atoms with van der Waals surface area (Å²) in [6, 6.07) is 9.09.